The second-order valence-corrected chi connectivity index (χ2v) is 5.38. The predicted molar refractivity (Wildman–Crippen MR) is 75.8 cm³/mol. The zero-order valence-electron chi connectivity index (χ0n) is 11.9. The number of aromatic nitrogens is 3. The van der Waals surface area contributed by atoms with Crippen LogP contribution < -0.4 is 11.5 Å². The Bertz CT molecular complexity index is 731. The number of aliphatic hydroxyl groups excluding tert-OH is 2. The van der Waals surface area contributed by atoms with Crippen LogP contribution in [-0.4, -0.2) is 49.5 Å². The summed E-state index contributed by atoms with van der Waals surface area (Å²) >= 11 is 0. The highest BCUT2D eigenvalue weighted by Crippen LogP contribution is 2.38. The van der Waals surface area contributed by atoms with E-state index in [1.165, 1.54) is 16.9 Å². The quantitative estimate of drug-likeness (QED) is 0.558. The number of ether oxygens (including phenoxy) is 1. The summed E-state index contributed by atoms with van der Waals surface area (Å²) in [5.74, 6) is -0.837. The van der Waals surface area contributed by atoms with E-state index in [9.17, 15) is 15.0 Å². The lowest BCUT2D eigenvalue weighted by molar-refractivity contribution is -0.0152. The highest BCUT2D eigenvalue weighted by atomic mass is 16.5. The number of fused-ring (bicyclic) bond motifs is 1. The molecule has 0 unspecified atom stereocenters. The van der Waals surface area contributed by atoms with E-state index in [2.05, 4.69) is 10.1 Å². The number of nitrogens with two attached hydrogens (primary N) is 2. The van der Waals surface area contributed by atoms with Gasteiger partial charge in [-0.05, 0) is 6.07 Å². The Balaban J connectivity index is 2.16. The third-order valence-corrected chi connectivity index (χ3v) is 4.10. The van der Waals surface area contributed by atoms with Gasteiger partial charge in [0.25, 0.3) is 5.91 Å². The highest BCUT2D eigenvalue weighted by molar-refractivity contribution is 6.02. The first kappa shape index (κ1) is 14.7. The number of aliphatic hydroxyl groups is 2. The fraction of sp³-hybridized carbons (Fsp3) is 0.462. The molecule has 9 nitrogen and oxygen atoms in total. The molecule has 0 radical (unpaired) electrons. The van der Waals surface area contributed by atoms with Gasteiger partial charge in [0.15, 0.2) is 5.82 Å². The van der Waals surface area contributed by atoms with Gasteiger partial charge in [-0.3, -0.25) is 4.79 Å². The summed E-state index contributed by atoms with van der Waals surface area (Å²) in [4.78, 5) is 15.5. The van der Waals surface area contributed by atoms with Crippen LogP contribution in [0.3, 0.4) is 0 Å². The van der Waals surface area contributed by atoms with E-state index in [4.69, 9.17) is 16.2 Å². The van der Waals surface area contributed by atoms with E-state index >= 15 is 0 Å². The molecule has 4 atom stereocenters. The Morgan fingerprint density at radius 1 is 1.55 bits per heavy atom. The number of nitrogens with zero attached hydrogens (tertiary/aromatic N) is 3. The van der Waals surface area contributed by atoms with Gasteiger partial charge in [-0.2, -0.15) is 5.10 Å². The molecule has 1 fully saturated rings. The molecule has 0 spiro atoms. The standard InChI is InChI=1S/C13H17N5O4/c1-5-8(3-19)22-11(10(5)20)7-2-6(13(15)21)9-12(14)16-4-17-18(7)9/h2,4-5,8,10-11,19-20H,3H2,1H3,(H2,15,21)(H2,14,16,17)/t5-,8-,10+,11+/m1/s1. The maximum atomic E-state index is 11.6. The third-order valence-electron chi connectivity index (χ3n) is 4.10. The van der Waals surface area contributed by atoms with Gasteiger partial charge in [0, 0.05) is 5.92 Å². The minimum absolute atomic E-state index is 0.106. The lowest BCUT2D eigenvalue weighted by Crippen LogP contribution is -2.24. The first-order chi connectivity index (χ1) is 10.5. The summed E-state index contributed by atoms with van der Waals surface area (Å²) in [6, 6.07) is 1.49. The Morgan fingerprint density at radius 3 is 2.86 bits per heavy atom. The van der Waals surface area contributed by atoms with Crippen molar-refractivity contribution in [1.82, 2.24) is 14.6 Å². The van der Waals surface area contributed by atoms with E-state index in [0.29, 0.717) is 5.69 Å². The van der Waals surface area contributed by atoms with Crippen LogP contribution >= 0.6 is 0 Å². The minimum atomic E-state index is -0.854. The van der Waals surface area contributed by atoms with Crippen LogP contribution in [0.1, 0.15) is 29.1 Å². The number of rotatable bonds is 3. The van der Waals surface area contributed by atoms with Gasteiger partial charge in [0.2, 0.25) is 0 Å². The first-order valence-corrected chi connectivity index (χ1v) is 6.82. The van der Waals surface area contributed by atoms with Crippen molar-refractivity contribution in [2.24, 2.45) is 11.7 Å². The fourth-order valence-corrected chi connectivity index (χ4v) is 2.83. The molecule has 1 aliphatic heterocycles. The molecule has 1 amide bonds. The Kier molecular flexibility index (Phi) is 3.47. The molecule has 0 saturated carbocycles. The normalized spacial score (nSPS) is 28.3. The van der Waals surface area contributed by atoms with Gasteiger partial charge >= 0.3 is 0 Å². The lowest BCUT2D eigenvalue weighted by atomic mass is 9.97. The molecular weight excluding hydrogens is 290 g/mol. The van der Waals surface area contributed by atoms with Crippen molar-refractivity contribution >= 4 is 17.2 Å². The molecule has 3 rings (SSSR count). The molecule has 6 N–H and O–H groups in total. The minimum Gasteiger partial charge on any atom is -0.394 e. The van der Waals surface area contributed by atoms with Crippen LogP contribution in [0.25, 0.3) is 5.52 Å². The molecule has 1 saturated heterocycles. The van der Waals surface area contributed by atoms with Crippen molar-refractivity contribution in [3.05, 3.63) is 23.7 Å². The highest BCUT2D eigenvalue weighted by Gasteiger charge is 2.43. The van der Waals surface area contributed by atoms with Gasteiger partial charge in [0.05, 0.1) is 30.1 Å². The second-order valence-electron chi connectivity index (χ2n) is 5.38. The van der Waals surface area contributed by atoms with Crippen LogP contribution in [0.2, 0.25) is 0 Å². The van der Waals surface area contributed by atoms with Gasteiger partial charge in [-0.1, -0.05) is 6.92 Å². The van der Waals surface area contributed by atoms with Crippen LogP contribution in [0.5, 0.6) is 0 Å². The molecule has 118 valence electrons. The van der Waals surface area contributed by atoms with Crippen LogP contribution in [0, 0.1) is 5.92 Å². The van der Waals surface area contributed by atoms with Crippen LogP contribution in [0.15, 0.2) is 12.4 Å². The second kappa shape index (κ2) is 5.20. The molecule has 0 aromatic carbocycles. The summed E-state index contributed by atoms with van der Waals surface area (Å²) in [7, 11) is 0. The topological polar surface area (TPSA) is 149 Å². The zero-order chi connectivity index (χ0) is 16.0. The average Bonchev–Trinajstić information content (AvgIpc) is 3.00. The van der Waals surface area contributed by atoms with Crippen molar-refractivity contribution in [1.29, 1.82) is 0 Å². The number of primary amides is 1. The van der Waals surface area contributed by atoms with E-state index in [0.717, 1.165) is 0 Å². The molecule has 3 heterocycles. The smallest absolute Gasteiger partial charge is 0.251 e. The zero-order valence-corrected chi connectivity index (χ0v) is 11.9. The molecule has 22 heavy (non-hydrogen) atoms. The van der Waals surface area contributed by atoms with Crippen LogP contribution in [0.4, 0.5) is 5.82 Å². The number of nitrogen functional groups attached to an aromatic ring is 1. The van der Waals surface area contributed by atoms with E-state index in [1.54, 1.807) is 6.92 Å². The summed E-state index contributed by atoms with van der Waals surface area (Å²) in [6.07, 6.45) is -0.860. The number of hydrogen-bond acceptors (Lipinski definition) is 7. The molecule has 1 aliphatic rings. The fourth-order valence-electron chi connectivity index (χ4n) is 2.83. The van der Waals surface area contributed by atoms with E-state index in [-0.39, 0.29) is 29.4 Å². The van der Waals surface area contributed by atoms with E-state index < -0.39 is 24.2 Å². The number of hydrogen-bond donors (Lipinski definition) is 4. The van der Waals surface area contributed by atoms with E-state index in [1.807, 2.05) is 0 Å². The molecule has 0 aliphatic carbocycles. The maximum absolute atomic E-state index is 11.6. The largest absolute Gasteiger partial charge is 0.394 e. The van der Waals surface area contributed by atoms with Crippen molar-refractivity contribution < 1.29 is 19.7 Å². The van der Waals surface area contributed by atoms with Crippen molar-refractivity contribution in [3.63, 3.8) is 0 Å². The molecular formula is C13H17N5O4. The van der Waals surface area contributed by atoms with Gasteiger partial charge < -0.3 is 26.4 Å². The Morgan fingerprint density at radius 2 is 2.27 bits per heavy atom. The van der Waals surface area contributed by atoms with Crippen molar-refractivity contribution in [2.45, 2.75) is 25.2 Å². The van der Waals surface area contributed by atoms with Crippen molar-refractivity contribution in [3.8, 4) is 0 Å². The summed E-state index contributed by atoms with van der Waals surface area (Å²) in [5, 5.41) is 23.7. The van der Waals surface area contributed by atoms with Gasteiger partial charge in [0.1, 0.15) is 17.9 Å². The van der Waals surface area contributed by atoms with Crippen molar-refractivity contribution in [2.75, 3.05) is 12.3 Å². The number of amides is 1. The Labute approximate surface area is 125 Å². The number of carbonyl (C=O) groups excluding carboxylic acids is 1. The molecule has 2 aromatic rings. The van der Waals surface area contributed by atoms with Gasteiger partial charge in [-0.15, -0.1) is 0 Å². The third kappa shape index (κ3) is 2.02. The first-order valence-electron chi connectivity index (χ1n) is 6.82. The molecule has 0 bridgehead atoms. The maximum Gasteiger partial charge on any atom is 0.251 e. The summed E-state index contributed by atoms with van der Waals surface area (Å²) in [5.41, 5.74) is 12.0. The summed E-state index contributed by atoms with van der Waals surface area (Å²) in [6.45, 7) is 1.57. The SMILES string of the molecule is C[C@H]1[C@H](O)[C@H](c2cc(C(N)=O)c3c(N)ncnn23)O[C@@H]1CO. The Hall–Kier alpha value is -2.23. The predicted octanol–water partition coefficient (Wildman–Crippen LogP) is -1.16. The molecule has 9 heteroatoms. The van der Waals surface area contributed by atoms with Gasteiger partial charge in [-0.25, -0.2) is 9.50 Å². The monoisotopic (exact) mass is 307 g/mol. The number of anilines is 1. The summed E-state index contributed by atoms with van der Waals surface area (Å²) < 4.78 is 7.08. The van der Waals surface area contributed by atoms with Crippen LogP contribution in [-0.2, 0) is 4.74 Å². The molecule has 2 aromatic heterocycles. The number of carbonyl (C=O) groups is 1. The average molecular weight is 307 g/mol. The lowest BCUT2D eigenvalue weighted by Gasteiger charge is -2.14.